The fraction of sp³-hybridized carbons (Fsp3) is 0.600. The van der Waals surface area contributed by atoms with Crippen molar-refractivity contribution in [3.8, 4) is 0 Å². The molecule has 104 valence electrons. The number of rotatable bonds is 3. The molecule has 0 saturated carbocycles. The highest BCUT2D eigenvalue weighted by Gasteiger charge is 2.32. The van der Waals surface area contributed by atoms with Gasteiger partial charge in [0.05, 0.1) is 6.10 Å². The highest BCUT2D eigenvalue weighted by atomic mass is 16.3. The summed E-state index contributed by atoms with van der Waals surface area (Å²) in [4.78, 5) is 4.94. The third-order valence-corrected chi connectivity index (χ3v) is 4.28. The predicted octanol–water partition coefficient (Wildman–Crippen LogP) is 0.137. The number of nitrogens with one attached hydrogen (secondary N) is 1. The van der Waals surface area contributed by atoms with Gasteiger partial charge in [-0.3, -0.25) is 9.80 Å². The summed E-state index contributed by atoms with van der Waals surface area (Å²) in [6, 6.07) is 11.0. The molecule has 2 fully saturated rings. The van der Waals surface area contributed by atoms with Crippen LogP contribution >= 0.6 is 0 Å². The summed E-state index contributed by atoms with van der Waals surface area (Å²) < 4.78 is 0. The van der Waals surface area contributed by atoms with Crippen molar-refractivity contribution in [2.75, 3.05) is 39.3 Å². The van der Waals surface area contributed by atoms with Crippen molar-refractivity contribution in [2.45, 2.75) is 18.7 Å². The van der Waals surface area contributed by atoms with Crippen molar-refractivity contribution in [3.63, 3.8) is 0 Å². The molecule has 0 aromatic heterocycles. The summed E-state index contributed by atoms with van der Waals surface area (Å²) in [5, 5.41) is 13.2. The van der Waals surface area contributed by atoms with E-state index in [0.29, 0.717) is 6.04 Å². The topological polar surface area (TPSA) is 38.7 Å². The van der Waals surface area contributed by atoms with E-state index < -0.39 is 0 Å². The number of benzene rings is 1. The molecule has 19 heavy (non-hydrogen) atoms. The zero-order chi connectivity index (χ0) is 13.1. The predicted molar refractivity (Wildman–Crippen MR) is 76.0 cm³/mol. The van der Waals surface area contributed by atoms with E-state index in [0.717, 1.165) is 45.8 Å². The molecule has 0 radical (unpaired) electrons. The number of hydrogen-bond donors (Lipinski definition) is 2. The summed E-state index contributed by atoms with van der Waals surface area (Å²) in [6.07, 6.45) is -0.194. The van der Waals surface area contributed by atoms with E-state index in [1.165, 1.54) is 5.56 Å². The minimum Gasteiger partial charge on any atom is -0.390 e. The molecule has 0 unspecified atom stereocenters. The third kappa shape index (κ3) is 3.15. The molecule has 2 N–H and O–H groups in total. The zero-order valence-corrected chi connectivity index (χ0v) is 11.3. The summed E-state index contributed by atoms with van der Waals surface area (Å²) in [6.45, 7) is 7.04. The summed E-state index contributed by atoms with van der Waals surface area (Å²) in [7, 11) is 0. The van der Waals surface area contributed by atoms with Gasteiger partial charge >= 0.3 is 0 Å². The van der Waals surface area contributed by atoms with Gasteiger partial charge in [-0.2, -0.15) is 0 Å². The van der Waals surface area contributed by atoms with Gasteiger partial charge < -0.3 is 10.4 Å². The van der Waals surface area contributed by atoms with Crippen molar-refractivity contribution in [3.05, 3.63) is 35.9 Å². The lowest BCUT2D eigenvalue weighted by Crippen LogP contribution is -2.53. The van der Waals surface area contributed by atoms with Crippen LogP contribution in [0, 0.1) is 0 Å². The van der Waals surface area contributed by atoms with Crippen LogP contribution in [0.5, 0.6) is 0 Å². The first-order chi connectivity index (χ1) is 9.33. The molecular weight excluding hydrogens is 238 g/mol. The minimum absolute atomic E-state index is 0.194. The van der Waals surface area contributed by atoms with E-state index in [9.17, 15) is 5.11 Å². The van der Waals surface area contributed by atoms with E-state index >= 15 is 0 Å². The highest BCUT2D eigenvalue weighted by Crippen LogP contribution is 2.14. The maximum absolute atomic E-state index is 9.92. The Balaban J connectivity index is 1.49. The van der Waals surface area contributed by atoms with E-state index in [1.807, 2.05) is 0 Å². The zero-order valence-electron chi connectivity index (χ0n) is 11.3. The first-order valence-corrected chi connectivity index (χ1v) is 7.22. The standard InChI is InChI=1S/C15H23N3O/c19-15-11-16-10-14(15)18-8-6-17(7-9-18)12-13-4-2-1-3-5-13/h1-5,14-16,19H,6-12H2/t14-,15-/m1/s1. The van der Waals surface area contributed by atoms with Gasteiger partial charge in [0.2, 0.25) is 0 Å². The maximum atomic E-state index is 9.92. The Morgan fingerprint density at radius 1 is 1.05 bits per heavy atom. The first-order valence-electron chi connectivity index (χ1n) is 7.22. The Hall–Kier alpha value is -0.940. The molecule has 2 atom stereocenters. The number of aliphatic hydroxyl groups excluding tert-OH is 1. The molecule has 1 aromatic carbocycles. The van der Waals surface area contributed by atoms with Crippen molar-refractivity contribution in [1.29, 1.82) is 0 Å². The summed E-state index contributed by atoms with van der Waals surface area (Å²) in [5.74, 6) is 0. The Labute approximate surface area is 115 Å². The average Bonchev–Trinajstić information content (AvgIpc) is 2.87. The molecule has 0 bridgehead atoms. The number of β-amino-alcohol motifs (C(OH)–C–C–N with tert-alkyl or cyclic N) is 1. The molecular formula is C15H23N3O. The fourth-order valence-corrected chi connectivity index (χ4v) is 3.12. The van der Waals surface area contributed by atoms with E-state index in [2.05, 4.69) is 45.4 Å². The molecule has 2 aliphatic rings. The second-order valence-corrected chi connectivity index (χ2v) is 5.59. The van der Waals surface area contributed by atoms with Gasteiger partial charge in [-0.1, -0.05) is 30.3 Å². The Bertz CT molecular complexity index is 390. The largest absolute Gasteiger partial charge is 0.390 e. The van der Waals surface area contributed by atoms with Crippen molar-refractivity contribution in [2.24, 2.45) is 0 Å². The van der Waals surface area contributed by atoms with Gasteiger partial charge in [0.15, 0.2) is 0 Å². The van der Waals surface area contributed by atoms with Crippen LogP contribution in [0.1, 0.15) is 5.56 Å². The van der Waals surface area contributed by atoms with Gasteiger partial charge in [0.1, 0.15) is 0 Å². The maximum Gasteiger partial charge on any atom is 0.0831 e. The van der Waals surface area contributed by atoms with Crippen LogP contribution in [-0.4, -0.2) is 66.3 Å². The minimum atomic E-state index is -0.194. The Morgan fingerprint density at radius 3 is 2.42 bits per heavy atom. The van der Waals surface area contributed by atoms with Crippen LogP contribution in [0.25, 0.3) is 0 Å². The van der Waals surface area contributed by atoms with Crippen LogP contribution < -0.4 is 5.32 Å². The quantitative estimate of drug-likeness (QED) is 0.812. The lowest BCUT2D eigenvalue weighted by molar-refractivity contribution is 0.0424. The third-order valence-electron chi connectivity index (χ3n) is 4.28. The van der Waals surface area contributed by atoms with Gasteiger partial charge in [-0.25, -0.2) is 0 Å². The smallest absolute Gasteiger partial charge is 0.0831 e. The molecule has 1 aromatic rings. The lowest BCUT2D eigenvalue weighted by Gasteiger charge is -2.38. The monoisotopic (exact) mass is 261 g/mol. The van der Waals surface area contributed by atoms with Gasteiger partial charge in [-0.05, 0) is 5.56 Å². The molecule has 0 amide bonds. The van der Waals surface area contributed by atoms with Crippen LogP contribution in [0.4, 0.5) is 0 Å². The normalized spacial score (nSPS) is 29.7. The molecule has 0 aliphatic carbocycles. The number of piperazine rings is 1. The highest BCUT2D eigenvalue weighted by molar-refractivity contribution is 5.14. The number of nitrogens with zero attached hydrogens (tertiary/aromatic N) is 2. The second-order valence-electron chi connectivity index (χ2n) is 5.59. The number of aliphatic hydroxyl groups is 1. The molecule has 2 heterocycles. The van der Waals surface area contributed by atoms with Crippen molar-refractivity contribution >= 4 is 0 Å². The van der Waals surface area contributed by atoms with Crippen LogP contribution in [0.3, 0.4) is 0 Å². The molecule has 2 aliphatic heterocycles. The summed E-state index contributed by atoms with van der Waals surface area (Å²) in [5.41, 5.74) is 1.39. The lowest BCUT2D eigenvalue weighted by atomic mass is 10.1. The van der Waals surface area contributed by atoms with Gasteiger partial charge in [-0.15, -0.1) is 0 Å². The molecule has 4 heteroatoms. The SMILES string of the molecule is O[C@@H]1CNC[C@H]1N1CCN(Cc2ccccc2)CC1. The first kappa shape index (κ1) is 13.1. The van der Waals surface area contributed by atoms with E-state index in [-0.39, 0.29) is 6.10 Å². The Kier molecular flexibility index (Phi) is 4.13. The van der Waals surface area contributed by atoms with Crippen molar-refractivity contribution < 1.29 is 5.11 Å². The van der Waals surface area contributed by atoms with Gasteiger partial charge in [0.25, 0.3) is 0 Å². The van der Waals surface area contributed by atoms with E-state index in [1.54, 1.807) is 0 Å². The second kappa shape index (κ2) is 6.01. The molecule has 3 rings (SSSR count). The molecule has 2 saturated heterocycles. The number of hydrogen-bond acceptors (Lipinski definition) is 4. The summed E-state index contributed by atoms with van der Waals surface area (Å²) >= 11 is 0. The fourth-order valence-electron chi connectivity index (χ4n) is 3.12. The van der Waals surface area contributed by atoms with Crippen molar-refractivity contribution in [1.82, 2.24) is 15.1 Å². The van der Waals surface area contributed by atoms with Crippen LogP contribution in [0.15, 0.2) is 30.3 Å². The molecule has 4 nitrogen and oxygen atoms in total. The average molecular weight is 261 g/mol. The van der Waals surface area contributed by atoms with Gasteiger partial charge in [0, 0.05) is 51.9 Å². The van der Waals surface area contributed by atoms with E-state index in [4.69, 9.17) is 0 Å². The molecule has 0 spiro atoms. The van der Waals surface area contributed by atoms with Crippen LogP contribution in [0.2, 0.25) is 0 Å². The van der Waals surface area contributed by atoms with Crippen LogP contribution in [-0.2, 0) is 6.54 Å². The Morgan fingerprint density at radius 2 is 1.79 bits per heavy atom.